The van der Waals surface area contributed by atoms with Gasteiger partial charge in [0.25, 0.3) is 0 Å². The zero-order chi connectivity index (χ0) is 11.4. The largest absolute Gasteiger partial charge is 0.481 e. The van der Waals surface area contributed by atoms with Gasteiger partial charge in [-0.3, -0.25) is 14.5 Å². The van der Waals surface area contributed by atoms with Crippen molar-refractivity contribution in [1.82, 2.24) is 9.80 Å². The second-order valence-corrected chi connectivity index (χ2v) is 4.00. The molecule has 1 aliphatic rings. The van der Waals surface area contributed by atoms with Crippen LogP contribution in [0.15, 0.2) is 0 Å². The van der Waals surface area contributed by atoms with Crippen molar-refractivity contribution >= 4 is 11.9 Å². The van der Waals surface area contributed by atoms with Crippen molar-refractivity contribution in [2.24, 2.45) is 0 Å². The Balaban J connectivity index is 2.62. The van der Waals surface area contributed by atoms with E-state index < -0.39 is 5.97 Å². The Morgan fingerprint density at radius 3 is 2.80 bits per heavy atom. The van der Waals surface area contributed by atoms with Crippen LogP contribution in [-0.4, -0.2) is 59.5 Å². The van der Waals surface area contributed by atoms with Gasteiger partial charge in [0.2, 0.25) is 5.91 Å². The first-order valence-electron chi connectivity index (χ1n) is 5.24. The average Bonchev–Trinajstić information content (AvgIpc) is 2.13. The van der Waals surface area contributed by atoms with Gasteiger partial charge >= 0.3 is 5.97 Å². The van der Waals surface area contributed by atoms with E-state index in [4.69, 9.17) is 5.11 Å². The van der Waals surface area contributed by atoms with Crippen LogP contribution in [-0.2, 0) is 9.59 Å². The van der Waals surface area contributed by atoms with E-state index >= 15 is 0 Å². The number of likely N-dealkylation sites (N-methyl/N-ethyl adjacent to an activating group) is 1. The molecule has 1 atom stereocenters. The highest BCUT2D eigenvalue weighted by Gasteiger charge is 2.30. The lowest BCUT2D eigenvalue weighted by Crippen LogP contribution is -2.55. The molecule has 1 aliphatic heterocycles. The third kappa shape index (κ3) is 3.20. The number of carbonyl (C=O) groups is 2. The quantitative estimate of drug-likeness (QED) is 0.716. The third-order valence-corrected chi connectivity index (χ3v) is 2.69. The first kappa shape index (κ1) is 12.0. The Bertz CT molecular complexity index is 255. The maximum Gasteiger partial charge on any atom is 0.305 e. The Hall–Kier alpha value is -1.10. The van der Waals surface area contributed by atoms with Gasteiger partial charge in [0.15, 0.2) is 0 Å². The van der Waals surface area contributed by atoms with Gasteiger partial charge in [-0.05, 0) is 13.0 Å². The van der Waals surface area contributed by atoms with E-state index in [0.717, 1.165) is 13.0 Å². The van der Waals surface area contributed by atoms with Crippen molar-refractivity contribution in [2.75, 3.05) is 26.7 Å². The molecule has 0 aromatic rings. The van der Waals surface area contributed by atoms with E-state index in [0.29, 0.717) is 13.1 Å². The van der Waals surface area contributed by atoms with Crippen LogP contribution in [0.25, 0.3) is 0 Å². The van der Waals surface area contributed by atoms with E-state index in [1.165, 1.54) is 0 Å². The van der Waals surface area contributed by atoms with Gasteiger partial charge in [-0.2, -0.15) is 0 Å². The molecule has 0 saturated carbocycles. The molecule has 1 heterocycles. The number of aliphatic carboxylic acids is 1. The third-order valence-electron chi connectivity index (χ3n) is 2.69. The van der Waals surface area contributed by atoms with Gasteiger partial charge in [-0.15, -0.1) is 0 Å². The summed E-state index contributed by atoms with van der Waals surface area (Å²) in [4.78, 5) is 25.7. The van der Waals surface area contributed by atoms with Crippen LogP contribution in [0.2, 0.25) is 0 Å². The first-order chi connectivity index (χ1) is 7.04. The summed E-state index contributed by atoms with van der Waals surface area (Å²) in [5.41, 5.74) is 0. The minimum absolute atomic E-state index is 0.0369. The smallest absolute Gasteiger partial charge is 0.305 e. The maximum atomic E-state index is 11.4. The molecule has 5 heteroatoms. The van der Waals surface area contributed by atoms with Gasteiger partial charge in [-0.25, -0.2) is 0 Å². The molecule has 0 aromatic carbocycles. The maximum absolute atomic E-state index is 11.4. The first-order valence-corrected chi connectivity index (χ1v) is 5.24. The summed E-state index contributed by atoms with van der Waals surface area (Å²) in [6.45, 7) is 3.69. The predicted molar refractivity (Wildman–Crippen MR) is 55.5 cm³/mol. The van der Waals surface area contributed by atoms with Crippen molar-refractivity contribution < 1.29 is 14.7 Å². The number of hydrogen-bond donors (Lipinski definition) is 1. The van der Waals surface area contributed by atoms with E-state index in [2.05, 4.69) is 0 Å². The monoisotopic (exact) mass is 214 g/mol. The summed E-state index contributed by atoms with van der Waals surface area (Å²) in [7, 11) is 1.72. The summed E-state index contributed by atoms with van der Waals surface area (Å²) < 4.78 is 0. The Kier molecular flexibility index (Phi) is 4.08. The lowest BCUT2D eigenvalue weighted by atomic mass is 10.1. The van der Waals surface area contributed by atoms with Crippen LogP contribution >= 0.6 is 0 Å². The molecule has 5 nitrogen and oxygen atoms in total. The number of rotatable bonds is 4. The van der Waals surface area contributed by atoms with Crippen LogP contribution in [0.5, 0.6) is 0 Å². The number of piperazine rings is 1. The van der Waals surface area contributed by atoms with Crippen LogP contribution in [0.3, 0.4) is 0 Å². The lowest BCUT2D eigenvalue weighted by Gasteiger charge is -2.38. The fraction of sp³-hybridized carbons (Fsp3) is 0.800. The van der Waals surface area contributed by atoms with E-state index in [9.17, 15) is 9.59 Å². The molecular formula is C10H18N2O3. The molecule has 0 bridgehead atoms. The summed E-state index contributed by atoms with van der Waals surface area (Å²) >= 11 is 0. The van der Waals surface area contributed by atoms with Crippen LogP contribution in [0, 0.1) is 0 Å². The molecule has 1 N–H and O–H groups in total. The van der Waals surface area contributed by atoms with Crippen molar-refractivity contribution in [3.63, 3.8) is 0 Å². The molecule has 0 spiro atoms. The highest BCUT2D eigenvalue weighted by Crippen LogP contribution is 2.13. The standard InChI is InChI=1S/C10H18N2O3/c1-3-4-12-7-9(13)11(2)6-8(12)5-10(14)15/h8H,3-7H2,1-2H3,(H,14,15). The highest BCUT2D eigenvalue weighted by molar-refractivity contribution is 5.79. The molecule has 0 aromatic heterocycles. The highest BCUT2D eigenvalue weighted by atomic mass is 16.4. The number of carboxylic acid groups (broad SMARTS) is 1. The second-order valence-electron chi connectivity index (χ2n) is 4.00. The number of nitrogens with zero attached hydrogens (tertiary/aromatic N) is 2. The van der Waals surface area contributed by atoms with E-state index in [1.807, 2.05) is 11.8 Å². The number of carbonyl (C=O) groups excluding carboxylic acids is 1. The molecule has 86 valence electrons. The lowest BCUT2D eigenvalue weighted by molar-refractivity contribution is -0.144. The molecule has 1 unspecified atom stereocenters. The summed E-state index contributed by atoms with van der Waals surface area (Å²) in [5, 5.41) is 8.77. The normalized spacial score (nSPS) is 23.2. The Morgan fingerprint density at radius 1 is 1.60 bits per heavy atom. The summed E-state index contributed by atoms with van der Waals surface area (Å²) in [6, 6.07) is -0.0369. The zero-order valence-electron chi connectivity index (χ0n) is 9.27. The molecular weight excluding hydrogens is 196 g/mol. The van der Waals surface area contributed by atoms with Crippen molar-refractivity contribution in [1.29, 1.82) is 0 Å². The summed E-state index contributed by atoms with van der Waals surface area (Å²) in [5.74, 6) is -0.728. The zero-order valence-corrected chi connectivity index (χ0v) is 9.27. The molecule has 0 radical (unpaired) electrons. The average molecular weight is 214 g/mol. The number of hydrogen-bond acceptors (Lipinski definition) is 3. The molecule has 15 heavy (non-hydrogen) atoms. The van der Waals surface area contributed by atoms with Crippen LogP contribution in [0.4, 0.5) is 0 Å². The van der Waals surface area contributed by atoms with E-state index in [1.54, 1.807) is 11.9 Å². The van der Waals surface area contributed by atoms with Gasteiger partial charge < -0.3 is 10.0 Å². The van der Waals surface area contributed by atoms with Crippen molar-refractivity contribution in [2.45, 2.75) is 25.8 Å². The van der Waals surface area contributed by atoms with Gasteiger partial charge in [0.05, 0.1) is 13.0 Å². The molecule has 0 aliphatic carbocycles. The predicted octanol–water partition coefficient (Wildman–Crippen LogP) is 0.0137. The fourth-order valence-electron chi connectivity index (χ4n) is 1.90. The molecule has 1 saturated heterocycles. The molecule has 1 rings (SSSR count). The van der Waals surface area contributed by atoms with Gasteiger partial charge in [0, 0.05) is 19.6 Å². The van der Waals surface area contributed by atoms with Crippen LogP contribution < -0.4 is 0 Å². The minimum atomic E-state index is -0.802. The number of carboxylic acids is 1. The number of amides is 1. The Morgan fingerprint density at radius 2 is 2.27 bits per heavy atom. The van der Waals surface area contributed by atoms with Gasteiger partial charge in [-0.1, -0.05) is 6.92 Å². The molecule has 1 fully saturated rings. The van der Waals surface area contributed by atoms with Crippen molar-refractivity contribution in [3.05, 3.63) is 0 Å². The fourth-order valence-corrected chi connectivity index (χ4v) is 1.90. The topological polar surface area (TPSA) is 60.9 Å². The summed E-state index contributed by atoms with van der Waals surface area (Å²) in [6.07, 6.45) is 1.05. The van der Waals surface area contributed by atoms with Gasteiger partial charge in [0.1, 0.15) is 0 Å². The Labute approximate surface area is 89.7 Å². The van der Waals surface area contributed by atoms with E-state index in [-0.39, 0.29) is 18.4 Å². The minimum Gasteiger partial charge on any atom is -0.481 e. The second kappa shape index (κ2) is 5.11. The van der Waals surface area contributed by atoms with Crippen molar-refractivity contribution in [3.8, 4) is 0 Å². The SMILES string of the molecule is CCCN1CC(=O)N(C)CC1CC(=O)O. The molecule has 1 amide bonds. The van der Waals surface area contributed by atoms with Crippen LogP contribution in [0.1, 0.15) is 19.8 Å².